The van der Waals surface area contributed by atoms with Crippen LogP contribution in [0.1, 0.15) is 84.5 Å². The lowest BCUT2D eigenvalue weighted by atomic mass is 9.71. The fourth-order valence-electron chi connectivity index (χ4n) is 5.44. The van der Waals surface area contributed by atoms with Gasteiger partial charge in [0.25, 0.3) is 0 Å². The first kappa shape index (κ1) is 13.9. The van der Waals surface area contributed by atoms with Crippen LogP contribution < -0.4 is 5.32 Å². The monoisotopic (exact) mass is 263 g/mol. The molecule has 0 aromatic carbocycles. The molecule has 1 spiro atoms. The molecule has 1 N–H and O–H groups in total. The van der Waals surface area contributed by atoms with Crippen LogP contribution in [0.4, 0.5) is 0 Å². The first-order valence-corrected chi connectivity index (χ1v) is 8.91. The van der Waals surface area contributed by atoms with Gasteiger partial charge in [0.2, 0.25) is 0 Å². The van der Waals surface area contributed by atoms with Gasteiger partial charge in [-0.3, -0.25) is 0 Å². The summed E-state index contributed by atoms with van der Waals surface area (Å²) in [5, 5.41) is 4.02. The summed E-state index contributed by atoms with van der Waals surface area (Å²) < 4.78 is 0. The Bertz CT molecular complexity index is 272. The second-order valence-corrected chi connectivity index (χ2v) is 8.26. The molecular formula is C18H33N. The maximum absolute atomic E-state index is 4.02. The molecule has 0 aromatic heterocycles. The molecule has 0 radical (unpaired) electrons. The maximum Gasteiger partial charge on any atom is 0.00747 e. The zero-order chi connectivity index (χ0) is 13.3. The predicted molar refractivity (Wildman–Crippen MR) is 82.3 cm³/mol. The zero-order valence-electron chi connectivity index (χ0n) is 13.1. The van der Waals surface area contributed by atoms with Crippen LogP contribution in [0.25, 0.3) is 0 Å². The van der Waals surface area contributed by atoms with Crippen molar-refractivity contribution in [3.63, 3.8) is 0 Å². The minimum absolute atomic E-state index is 0.797. The van der Waals surface area contributed by atoms with E-state index in [1.54, 1.807) is 0 Å². The van der Waals surface area contributed by atoms with Crippen molar-refractivity contribution in [2.45, 2.75) is 96.6 Å². The van der Waals surface area contributed by atoms with Crippen molar-refractivity contribution in [1.29, 1.82) is 0 Å². The third-order valence-corrected chi connectivity index (χ3v) is 6.36. The summed E-state index contributed by atoms with van der Waals surface area (Å²) in [6, 6.07) is 1.66. The molecule has 2 unspecified atom stereocenters. The summed E-state index contributed by atoms with van der Waals surface area (Å²) in [7, 11) is 0. The summed E-state index contributed by atoms with van der Waals surface area (Å²) in [4.78, 5) is 0. The minimum Gasteiger partial charge on any atom is -0.311 e. The van der Waals surface area contributed by atoms with Gasteiger partial charge in [-0.1, -0.05) is 26.7 Å². The number of hydrogen-bond acceptors (Lipinski definition) is 1. The smallest absolute Gasteiger partial charge is 0.00747 e. The molecule has 0 amide bonds. The van der Waals surface area contributed by atoms with Gasteiger partial charge in [0.15, 0.2) is 0 Å². The van der Waals surface area contributed by atoms with Crippen molar-refractivity contribution in [3.8, 4) is 0 Å². The highest BCUT2D eigenvalue weighted by Crippen LogP contribution is 2.49. The Hall–Kier alpha value is -0.0400. The van der Waals surface area contributed by atoms with Gasteiger partial charge >= 0.3 is 0 Å². The summed E-state index contributed by atoms with van der Waals surface area (Å²) in [5.74, 6) is 1.87. The Kier molecular flexibility index (Phi) is 4.22. The van der Waals surface area contributed by atoms with E-state index < -0.39 is 0 Å². The molecule has 3 aliphatic carbocycles. The number of nitrogens with one attached hydrogen (secondary N) is 1. The molecule has 0 aromatic rings. The maximum atomic E-state index is 4.02. The molecule has 19 heavy (non-hydrogen) atoms. The van der Waals surface area contributed by atoms with Crippen LogP contribution in [0.5, 0.6) is 0 Å². The van der Waals surface area contributed by atoms with Gasteiger partial charge in [0.05, 0.1) is 0 Å². The van der Waals surface area contributed by atoms with E-state index in [9.17, 15) is 0 Å². The standard InChI is InChI=1S/C18H33N/c1-14-11-15(2)13-17(12-14)19-16-5-9-18(10-6-16)7-3-4-8-18/h14-17,19H,3-13H2,1-2H3. The largest absolute Gasteiger partial charge is 0.311 e. The molecule has 3 rings (SSSR count). The highest BCUT2D eigenvalue weighted by atomic mass is 15.0. The molecule has 110 valence electrons. The lowest BCUT2D eigenvalue weighted by Gasteiger charge is -2.41. The molecule has 3 fully saturated rings. The van der Waals surface area contributed by atoms with Crippen LogP contribution >= 0.6 is 0 Å². The van der Waals surface area contributed by atoms with Gasteiger partial charge in [-0.05, 0) is 75.0 Å². The Morgan fingerprint density at radius 2 is 1.32 bits per heavy atom. The molecule has 0 aliphatic heterocycles. The molecule has 0 heterocycles. The SMILES string of the molecule is CC1CC(C)CC(NC2CCC3(CCCC3)CC2)C1. The molecule has 0 bridgehead atoms. The zero-order valence-corrected chi connectivity index (χ0v) is 13.1. The summed E-state index contributed by atoms with van der Waals surface area (Å²) in [5.41, 5.74) is 0.797. The van der Waals surface area contributed by atoms with E-state index in [2.05, 4.69) is 19.2 Å². The van der Waals surface area contributed by atoms with Crippen LogP contribution in [0.2, 0.25) is 0 Å². The van der Waals surface area contributed by atoms with E-state index in [-0.39, 0.29) is 0 Å². The first-order valence-electron chi connectivity index (χ1n) is 8.91. The highest BCUT2D eigenvalue weighted by molar-refractivity contribution is 4.92. The third kappa shape index (κ3) is 3.35. The first-order chi connectivity index (χ1) is 9.15. The number of hydrogen-bond donors (Lipinski definition) is 1. The molecule has 1 heteroatoms. The van der Waals surface area contributed by atoms with Crippen molar-refractivity contribution in [2.75, 3.05) is 0 Å². The van der Waals surface area contributed by atoms with E-state index in [1.165, 1.54) is 70.6 Å². The van der Waals surface area contributed by atoms with Gasteiger partial charge < -0.3 is 5.32 Å². The fourth-order valence-corrected chi connectivity index (χ4v) is 5.44. The fraction of sp³-hybridized carbons (Fsp3) is 1.00. The van der Waals surface area contributed by atoms with Crippen LogP contribution in [0.15, 0.2) is 0 Å². The quantitative estimate of drug-likeness (QED) is 0.747. The summed E-state index contributed by atoms with van der Waals surface area (Å²) in [6.07, 6.45) is 16.3. The topological polar surface area (TPSA) is 12.0 Å². The Morgan fingerprint density at radius 1 is 0.737 bits per heavy atom. The van der Waals surface area contributed by atoms with E-state index in [1.807, 2.05) is 0 Å². The van der Waals surface area contributed by atoms with E-state index in [4.69, 9.17) is 0 Å². The average Bonchev–Trinajstić information content (AvgIpc) is 2.80. The van der Waals surface area contributed by atoms with E-state index in [0.29, 0.717) is 0 Å². The molecule has 0 saturated heterocycles. The predicted octanol–water partition coefficient (Wildman–Crippen LogP) is 4.90. The average molecular weight is 263 g/mol. The minimum atomic E-state index is 0.797. The second kappa shape index (κ2) is 5.76. The van der Waals surface area contributed by atoms with E-state index >= 15 is 0 Å². The van der Waals surface area contributed by atoms with Gasteiger partial charge in [0, 0.05) is 12.1 Å². The van der Waals surface area contributed by atoms with Gasteiger partial charge in [0.1, 0.15) is 0 Å². The third-order valence-electron chi connectivity index (χ3n) is 6.36. The number of rotatable bonds is 2. The molecule has 1 nitrogen and oxygen atoms in total. The lowest BCUT2D eigenvalue weighted by molar-refractivity contribution is 0.146. The van der Waals surface area contributed by atoms with Gasteiger partial charge in [-0.15, -0.1) is 0 Å². The van der Waals surface area contributed by atoms with Gasteiger partial charge in [-0.25, -0.2) is 0 Å². The molecule has 2 atom stereocenters. The Labute approximate surface area is 119 Å². The van der Waals surface area contributed by atoms with E-state index in [0.717, 1.165) is 29.3 Å². The van der Waals surface area contributed by atoms with Crippen molar-refractivity contribution >= 4 is 0 Å². The van der Waals surface area contributed by atoms with Crippen molar-refractivity contribution in [1.82, 2.24) is 5.32 Å². The van der Waals surface area contributed by atoms with Crippen LogP contribution in [-0.2, 0) is 0 Å². The van der Waals surface area contributed by atoms with Crippen LogP contribution in [0, 0.1) is 17.3 Å². The second-order valence-electron chi connectivity index (χ2n) is 8.26. The highest BCUT2D eigenvalue weighted by Gasteiger charge is 2.38. The lowest BCUT2D eigenvalue weighted by Crippen LogP contribution is -2.45. The van der Waals surface area contributed by atoms with Crippen LogP contribution in [-0.4, -0.2) is 12.1 Å². The normalized spacial score (nSPS) is 39.8. The summed E-state index contributed by atoms with van der Waals surface area (Å²) >= 11 is 0. The van der Waals surface area contributed by atoms with Gasteiger partial charge in [-0.2, -0.15) is 0 Å². The Balaban J connectivity index is 1.46. The van der Waals surface area contributed by atoms with Crippen LogP contribution in [0.3, 0.4) is 0 Å². The summed E-state index contributed by atoms with van der Waals surface area (Å²) in [6.45, 7) is 4.89. The molecule has 3 aliphatic rings. The van der Waals surface area contributed by atoms with Crippen molar-refractivity contribution in [3.05, 3.63) is 0 Å². The molecular weight excluding hydrogens is 230 g/mol. The molecule has 3 saturated carbocycles. The van der Waals surface area contributed by atoms with Crippen molar-refractivity contribution in [2.24, 2.45) is 17.3 Å². The Morgan fingerprint density at radius 3 is 1.89 bits per heavy atom. The van der Waals surface area contributed by atoms with Crippen molar-refractivity contribution < 1.29 is 0 Å².